The van der Waals surface area contributed by atoms with Crippen molar-refractivity contribution >= 4 is 5.91 Å². The molecule has 4 rings (SSSR count). The number of aromatic nitrogens is 2. The molecule has 0 unspecified atom stereocenters. The predicted octanol–water partition coefficient (Wildman–Crippen LogP) is 3.52. The second kappa shape index (κ2) is 8.50. The SMILES string of the molecule is Cn1ccc(-c2ccc(C(=O)N[C@@H]3CNCC[C@H]3c3ccc(F)c(F)c3)c(F)c2F)n1. The molecule has 162 valence electrons. The Morgan fingerprint density at radius 3 is 2.61 bits per heavy atom. The van der Waals surface area contributed by atoms with E-state index in [1.807, 2.05) is 0 Å². The highest BCUT2D eigenvalue weighted by atomic mass is 19.2. The van der Waals surface area contributed by atoms with Crippen molar-refractivity contribution in [3.05, 3.63) is 77.0 Å². The number of aryl methyl sites for hydroxylation is 1. The molecule has 31 heavy (non-hydrogen) atoms. The monoisotopic (exact) mass is 432 g/mol. The molecule has 0 aliphatic carbocycles. The maximum absolute atomic E-state index is 14.7. The number of nitrogens with zero attached hydrogens (tertiary/aromatic N) is 2. The van der Waals surface area contributed by atoms with Crippen molar-refractivity contribution < 1.29 is 22.4 Å². The minimum atomic E-state index is -1.27. The first-order valence-corrected chi connectivity index (χ1v) is 9.79. The standard InChI is InChI=1S/C22H20F4N4O/c1-30-9-7-18(29-30)14-3-4-15(21(26)20(14)25)22(31)28-19-11-27-8-6-13(19)12-2-5-16(23)17(24)10-12/h2-5,7,9-10,13,19,27H,6,8,11H2,1H3,(H,28,31)/t13-,19+/m0/s1. The number of amides is 1. The molecule has 0 saturated carbocycles. The summed E-state index contributed by atoms with van der Waals surface area (Å²) >= 11 is 0. The summed E-state index contributed by atoms with van der Waals surface area (Å²) in [4.78, 5) is 12.7. The van der Waals surface area contributed by atoms with E-state index in [1.165, 1.54) is 28.9 Å². The summed E-state index contributed by atoms with van der Waals surface area (Å²) in [6.45, 7) is 0.976. The Morgan fingerprint density at radius 1 is 1.10 bits per heavy atom. The van der Waals surface area contributed by atoms with Crippen LogP contribution in [0.2, 0.25) is 0 Å². The molecule has 1 fully saturated rings. The van der Waals surface area contributed by atoms with Crippen LogP contribution in [0.4, 0.5) is 17.6 Å². The molecule has 0 bridgehead atoms. The molecule has 2 aromatic carbocycles. The van der Waals surface area contributed by atoms with Crippen molar-refractivity contribution in [2.24, 2.45) is 7.05 Å². The molecule has 9 heteroatoms. The first-order chi connectivity index (χ1) is 14.8. The Bertz CT molecular complexity index is 1130. The van der Waals surface area contributed by atoms with Crippen LogP contribution in [0.25, 0.3) is 11.3 Å². The molecule has 1 aromatic heterocycles. The van der Waals surface area contributed by atoms with Gasteiger partial charge in [-0.3, -0.25) is 9.48 Å². The first kappa shape index (κ1) is 21.0. The Balaban J connectivity index is 1.57. The van der Waals surface area contributed by atoms with Crippen molar-refractivity contribution in [2.45, 2.75) is 18.4 Å². The van der Waals surface area contributed by atoms with Gasteiger partial charge in [0.25, 0.3) is 5.91 Å². The quantitative estimate of drug-likeness (QED) is 0.621. The van der Waals surface area contributed by atoms with Crippen LogP contribution in [-0.2, 0) is 7.05 Å². The van der Waals surface area contributed by atoms with E-state index in [2.05, 4.69) is 15.7 Å². The normalized spacial score (nSPS) is 18.7. The van der Waals surface area contributed by atoms with Crippen LogP contribution in [-0.4, -0.2) is 34.8 Å². The number of halogens is 4. The molecule has 0 radical (unpaired) electrons. The number of carbonyl (C=O) groups is 1. The van der Waals surface area contributed by atoms with Gasteiger partial charge in [-0.25, -0.2) is 17.6 Å². The topological polar surface area (TPSA) is 59.0 Å². The van der Waals surface area contributed by atoms with Gasteiger partial charge in [-0.05, 0) is 48.9 Å². The van der Waals surface area contributed by atoms with Crippen LogP contribution >= 0.6 is 0 Å². The number of benzene rings is 2. The molecule has 0 spiro atoms. The van der Waals surface area contributed by atoms with Gasteiger partial charge >= 0.3 is 0 Å². The highest BCUT2D eigenvalue weighted by molar-refractivity contribution is 5.95. The van der Waals surface area contributed by atoms with Crippen molar-refractivity contribution in [1.82, 2.24) is 20.4 Å². The van der Waals surface area contributed by atoms with Gasteiger partial charge in [0.15, 0.2) is 23.3 Å². The molecule has 3 aromatic rings. The van der Waals surface area contributed by atoms with Crippen LogP contribution in [0.5, 0.6) is 0 Å². The van der Waals surface area contributed by atoms with E-state index in [4.69, 9.17) is 0 Å². The molecule has 5 nitrogen and oxygen atoms in total. The van der Waals surface area contributed by atoms with Gasteiger partial charge in [0.2, 0.25) is 0 Å². The highest BCUT2D eigenvalue weighted by Crippen LogP contribution is 2.28. The van der Waals surface area contributed by atoms with Crippen LogP contribution < -0.4 is 10.6 Å². The first-order valence-electron chi connectivity index (χ1n) is 9.79. The van der Waals surface area contributed by atoms with Crippen molar-refractivity contribution in [3.8, 4) is 11.3 Å². The Labute approximate surface area is 176 Å². The third-order valence-electron chi connectivity index (χ3n) is 5.49. The Kier molecular flexibility index (Phi) is 5.77. The van der Waals surface area contributed by atoms with Crippen LogP contribution in [0, 0.1) is 23.3 Å². The fraction of sp³-hybridized carbons (Fsp3) is 0.273. The van der Waals surface area contributed by atoms with E-state index in [0.717, 1.165) is 12.1 Å². The molecule has 1 aliphatic heterocycles. The number of piperidine rings is 1. The second-order valence-corrected chi connectivity index (χ2v) is 7.52. The Morgan fingerprint density at radius 2 is 1.90 bits per heavy atom. The number of carbonyl (C=O) groups excluding carboxylic acids is 1. The summed E-state index contributed by atoms with van der Waals surface area (Å²) in [6.07, 6.45) is 2.16. The second-order valence-electron chi connectivity index (χ2n) is 7.52. The van der Waals surface area contributed by atoms with E-state index in [-0.39, 0.29) is 17.2 Å². The van der Waals surface area contributed by atoms with Crippen molar-refractivity contribution in [3.63, 3.8) is 0 Å². The predicted molar refractivity (Wildman–Crippen MR) is 106 cm³/mol. The van der Waals surface area contributed by atoms with Gasteiger partial charge in [-0.15, -0.1) is 0 Å². The molecular formula is C22H20F4N4O. The summed E-state index contributed by atoms with van der Waals surface area (Å²) in [5.74, 6) is -5.45. The van der Waals surface area contributed by atoms with Gasteiger partial charge in [0.1, 0.15) is 0 Å². The zero-order chi connectivity index (χ0) is 22.1. The summed E-state index contributed by atoms with van der Waals surface area (Å²) in [7, 11) is 1.65. The Hall–Kier alpha value is -3.20. The highest BCUT2D eigenvalue weighted by Gasteiger charge is 2.30. The number of hydrogen-bond acceptors (Lipinski definition) is 3. The van der Waals surface area contributed by atoms with Gasteiger partial charge in [0, 0.05) is 37.3 Å². The third-order valence-corrected chi connectivity index (χ3v) is 5.49. The third kappa shape index (κ3) is 4.18. The van der Waals surface area contributed by atoms with Crippen LogP contribution in [0.3, 0.4) is 0 Å². The maximum Gasteiger partial charge on any atom is 0.254 e. The largest absolute Gasteiger partial charge is 0.347 e. The maximum atomic E-state index is 14.7. The zero-order valence-electron chi connectivity index (χ0n) is 16.6. The number of hydrogen-bond donors (Lipinski definition) is 2. The lowest BCUT2D eigenvalue weighted by Gasteiger charge is -2.33. The summed E-state index contributed by atoms with van der Waals surface area (Å²) < 4.78 is 57.8. The van der Waals surface area contributed by atoms with Crippen molar-refractivity contribution in [1.29, 1.82) is 0 Å². The molecule has 2 heterocycles. The lowest BCUT2D eigenvalue weighted by atomic mass is 9.85. The van der Waals surface area contributed by atoms with Gasteiger partial charge in [-0.1, -0.05) is 6.07 Å². The summed E-state index contributed by atoms with van der Waals surface area (Å²) in [5.41, 5.74) is 0.295. The number of nitrogens with one attached hydrogen (secondary N) is 2. The van der Waals surface area contributed by atoms with Crippen molar-refractivity contribution in [2.75, 3.05) is 13.1 Å². The average Bonchev–Trinajstić information content (AvgIpc) is 3.18. The minimum absolute atomic E-state index is 0.0475. The summed E-state index contributed by atoms with van der Waals surface area (Å²) in [6, 6.07) is 7.16. The van der Waals surface area contributed by atoms with Crippen LogP contribution in [0.1, 0.15) is 28.3 Å². The fourth-order valence-electron chi connectivity index (χ4n) is 3.88. The average molecular weight is 432 g/mol. The van der Waals surface area contributed by atoms with Gasteiger partial charge in [0.05, 0.1) is 11.3 Å². The van der Waals surface area contributed by atoms with E-state index < -0.39 is 40.8 Å². The van der Waals surface area contributed by atoms with E-state index in [9.17, 15) is 22.4 Å². The van der Waals surface area contributed by atoms with Gasteiger partial charge < -0.3 is 10.6 Å². The fourth-order valence-corrected chi connectivity index (χ4v) is 3.88. The summed E-state index contributed by atoms with van der Waals surface area (Å²) in [5, 5.41) is 9.87. The van der Waals surface area contributed by atoms with Gasteiger partial charge in [-0.2, -0.15) is 5.10 Å². The molecular weight excluding hydrogens is 412 g/mol. The van der Waals surface area contributed by atoms with Crippen LogP contribution in [0.15, 0.2) is 42.6 Å². The lowest BCUT2D eigenvalue weighted by Crippen LogP contribution is -2.50. The number of rotatable bonds is 4. The molecule has 2 atom stereocenters. The van der Waals surface area contributed by atoms with E-state index >= 15 is 0 Å². The lowest BCUT2D eigenvalue weighted by molar-refractivity contribution is 0.0919. The molecule has 1 aliphatic rings. The van der Waals surface area contributed by atoms with E-state index in [0.29, 0.717) is 25.1 Å². The molecule has 1 saturated heterocycles. The minimum Gasteiger partial charge on any atom is -0.347 e. The van der Waals surface area contributed by atoms with E-state index in [1.54, 1.807) is 13.2 Å². The molecule has 2 N–H and O–H groups in total. The molecule has 1 amide bonds. The zero-order valence-corrected chi connectivity index (χ0v) is 16.6. The smallest absolute Gasteiger partial charge is 0.254 e.